The molecule has 0 radical (unpaired) electrons. The summed E-state index contributed by atoms with van der Waals surface area (Å²) in [4.78, 5) is 4.35. The van der Waals surface area contributed by atoms with Crippen LogP contribution in [0.15, 0.2) is 59.8 Å². The highest BCUT2D eigenvalue weighted by Gasteiger charge is 1.97. The Bertz CT molecular complexity index is 553. The van der Waals surface area contributed by atoms with E-state index in [4.69, 9.17) is 5.26 Å². The summed E-state index contributed by atoms with van der Waals surface area (Å²) in [6.45, 7) is 0. The fourth-order valence-corrected chi connectivity index (χ4v) is 2.24. The molecule has 0 saturated heterocycles. The predicted molar refractivity (Wildman–Crippen MR) is 74.9 cm³/mol. The highest BCUT2D eigenvalue weighted by Crippen LogP contribution is 2.20. The van der Waals surface area contributed by atoms with Gasteiger partial charge in [0.1, 0.15) is 0 Å². The second-order valence-electron chi connectivity index (χ2n) is 3.67. The number of allylic oxidation sites excluding steroid dienone is 1. The smallest absolute Gasteiger partial charge is 0.0963 e. The Morgan fingerprint density at radius 1 is 1.17 bits per heavy atom. The third-order valence-electron chi connectivity index (χ3n) is 2.34. The van der Waals surface area contributed by atoms with E-state index in [9.17, 15) is 0 Å². The van der Waals surface area contributed by atoms with Gasteiger partial charge in [0.05, 0.1) is 11.1 Å². The van der Waals surface area contributed by atoms with E-state index in [0.29, 0.717) is 0 Å². The maximum absolute atomic E-state index is 8.43. The lowest BCUT2D eigenvalue weighted by molar-refractivity contribution is 1.13. The second kappa shape index (κ2) is 6.63. The van der Waals surface area contributed by atoms with E-state index >= 15 is 0 Å². The van der Waals surface area contributed by atoms with E-state index in [0.717, 1.165) is 16.3 Å². The number of aromatic nitrogens is 1. The standard InChI is InChI=1S/C15H12N2S/c16-10-4-7-13-8-9-15(17-11-13)18-12-14-5-2-1-3-6-14/h1-9,11H,12H2/b7-4+. The van der Waals surface area contributed by atoms with E-state index in [1.165, 1.54) is 11.6 Å². The van der Waals surface area contributed by atoms with Crippen molar-refractivity contribution in [2.75, 3.05) is 0 Å². The second-order valence-corrected chi connectivity index (χ2v) is 4.66. The summed E-state index contributed by atoms with van der Waals surface area (Å²) in [6, 6.07) is 16.2. The SMILES string of the molecule is N#C/C=C/c1ccc(SCc2ccccc2)nc1. The average Bonchev–Trinajstić information content (AvgIpc) is 2.45. The van der Waals surface area contributed by atoms with E-state index in [1.54, 1.807) is 24.0 Å². The molecular weight excluding hydrogens is 240 g/mol. The van der Waals surface area contributed by atoms with Gasteiger partial charge in [-0.1, -0.05) is 36.4 Å². The molecule has 0 saturated carbocycles. The minimum atomic E-state index is 0.918. The van der Waals surface area contributed by atoms with E-state index in [1.807, 2.05) is 36.4 Å². The van der Waals surface area contributed by atoms with Gasteiger partial charge in [-0.3, -0.25) is 0 Å². The lowest BCUT2D eigenvalue weighted by Gasteiger charge is -2.01. The number of thioether (sulfide) groups is 1. The summed E-state index contributed by atoms with van der Waals surface area (Å²) in [7, 11) is 0. The molecule has 0 unspecified atom stereocenters. The van der Waals surface area contributed by atoms with Gasteiger partial charge in [-0.15, -0.1) is 11.8 Å². The van der Waals surface area contributed by atoms with Crippen molar-refractivity contribution in [1.82, 2.24) is 4.98 Å². The molecule has 0 spiro atoms. The highest BCUT2D eigenvalue weighted by atomic mass is 32.2. The van der Waals surface area contributed by atoms with E-state index in [2.05, 4.69) is 17.1 Å². The maximum atomic E-state index is 8.43. The number of hydrogen-bond acceptors (Lipinski definition) is 3. The molecule has 0 N–H and O–H groups in total. The van der Waals surface area contributed by atoms with Crippen molar-refractivity contribution < 1.29 is 0 Å². The Kier molecular flexibility index (Phi) is 4.57. The number of hydrogen-bond donors (Lipinski definition) is 0. The summed E-state index contributed by atoms with van der Waals surface area (Å²) in [6.07, 6.45) is 4.98. The van der Waals surface area contributed by atoms with Crippen molar-refractivity contribution in [2.45, 2.75) is 10.8 Å². The van der Waals surface area contributed by atoms with Crippen LogP contribution in [0, 0.1) is 11.3 Å². The van der Waals surface area contributed by atoms with Crippen molar-refractivity contribution in [3.63, 3.8) is 0 Å². The Labute approximate surface area is 111 Å². The molecule has 0 bridgehead atoms. The molecule has 0 aliphatic carbocycles. The van der Waals surface area contributed by atoms with Crippen LogP contribution < -0.4 is 0 Å². The fraction of sp³-hybridized carbons (Fsp3) is 0.0667. The summed E-state index contributed by atoms with van der Waals surface area (Å²) in [5.41, 5.74) is 2.23. The molecule has 1 aromatic heterocycles. The molecule has 3 heteroatoms. The topological polar surface area (TPSA) is 36.7 Å². The van der Waals surface area contributed by atoms with Crippen LogP contribution in [0.1, 0.15) is 11.1 Å². The Morgan fingerprint density at radius 2 is 2.00 bits per heavy atom. The van der Waals surface area contributed by atoms with Gasteiger partial charge in [0, 0.05) is 18.0 Å². The maximum Gasteiger partial charge on any atom is 0.0963 e. The average molecular weight is 252 g/mol. The largest absolute Gasteiger partial charge is 0.249 e. The fourth-order valence-electron chi connectivity index (χ4n) is 1.44. The van der Waals surface area contributed by atoms with Crippen LogP contribution >= 0.6 is 11.8 Å². The Balaban J connectivity index is 1.95. The zero-order valence-corrected chi connectivity index (χ0v) is 10.6. The molecule has 0 atom stereocenters. The van der Waals surface area contributed by atoms with Gasteiger partial charge in [-0.05, 0) is 23.3 Å². The molecule has 2 aromatic rings. The summed E-state index contributed by atoms with van der Waals surface area (Å²) in [5.74, 6) is 0.918. The third-order valence-corrected chi connectivity index (χ3v) is 3.35. The summed E-state index contributed by atoms with van der Waals surface area (Å²) in [5, 5.41) is 9.42. The first-order valence-electron chi connectivity index (χ1n) is 5.57. The molecule has 2 nitrogen and oxygen atoms in total. The molecule has 88 valence electrons. The Morgan fingerprint density at radius 3 is 2.67 bits per heavy atom. The number of pyridine rings is 1. The minimum Gasteiger partial charge on any atom is -0.249 e. The molecule has 2 rings (SSSR count). The molecule has 0 aliphatic rings. The first-order valence-corrected chi connectivity index (χ1v) is 6.56. The van der Waals surface area contributed by atoms with Gasteiger partial charge in [-0.2, -0.15) is 5.26 Å². The van der Waals surface area contributed by atoms with Crippen LogP contribution in [-0.2, 0) is 5.75 Å². The van der Waals surface area contributed by atoms with Gasteiger partial charge in [-0.25, -0.2) is 4.98 Å². The quantitative estimate of drug-likeness (QED) is 0.611. The van der Waals surface area contributed by atoms with Crippen molar-refractivity contribution in [2.24, 2.45) is 0 Å². The summed E-state index contributed by atoms with van der Waals surface area (Å²) >= 11 is 1.71. The number of benzene rings is 1. The lowest BCUT2D eigenvalue weighted by Crippen LogP contribution is -1.83. The van der Waals surface area contributed by atoms with Gasteiger partial charge in [0.2, 0.25) is 0 Å². The molecule has 1 heterocycles. The zero-order valence-electron chi connectivity index (χ0n) is 9.78. The summed E-state index contributed by atoms with van der Waals surface area (Å²) < 4.78 is 0. The van der Waals surface area contributed by atoms with Gasteiger partial charge < -0.3 is 0 Å². The minimum absolute atomic E-state index is 0.918. The van der Waals surface area contributed by atoms with E-state index < -0.39 is 0 Å². The zero-order chi connectivity index (χ0) is 12.6. The van der Waals surface area contributed by atoms with Crippen LogP contribution in [0.2, 0.25) is 0 Å². The van der Waals surface area contributed by atoms with Crippen molar-refractivity contribution >= 4 is 17.8 Å². The normalized spacial score (nSPS) is 10.4. The molecular formula is C15H12N2S. The molecule has 0 amide bonds. The van der Waals surface area contributed by atoms with Crippen molar-refractivity contribution in [1.29, 1.82) is 5.26 Å². The lowest BCUT2D eigenvalue weighted by atomic mass is 10.2. The van der Waals surface area contributed by atoms with E-state index in [-0.39, 0.29) is 0 Å². The molecule has 0 aliphatic heterocycles. The highest BCUT2D eigenvalue weighted by molar-refractivity contribution is 7.98. The Hall–Kier alpha value is -2.05. The van der Waals surface area contributed by atoms with Gasteiger partial charge in [0.15, 0.2) is 0 Å². The molecule has 1 aromatic carbocycles. The molecule has 18 heavy (non-hydrogen) atoms. The first kappa shape index (κ1) is 12.4. The van der Waals surface area contributed by atoms with Gasteiger partial charge >= 0.3 is 0 Å². The number of nitriles is 1. The number of nitrogens with zero attached hydrogens (tertiary/aromatic N) is 2. The van der Waals surface area contributed by atoms with Crippen LogP contribution in [0.25, 0.3) is 6.08 Å². The number of rotatable bonds is 4. The monoisotopic (exact) mass is 252 g/mol. The predicted octanol–water partition coefficient (Wildman–Crippen LogP) is 3.91. The van der Waals surface area contributed by atoms with Crippen molar-refractivity contribution in [3.8, 4) is 6.07 Å². The van der Waals surface area contributed by atoms with Crippen LogP contribution in [0.5, 0.6) is 0 Å². The van der Waals surface area contributed by atoms with Crippen LogP contribution in [-0.4, -0.2) is 4.98 Å². The van der Waals surface area contributed by atoms with Crippen LogP contribution in [0.3, 0.4) is 0 Å². The third kappa shape index (κ3) is 3.76. The van der Waals surface area contributed by atoms with Gasteiger partial charge in [0.25, 0.3) is 0 Å². The first-order chi connectivity index (χ1) is 8.88. The van der Waals surface area contributed by atoms with Crippen LogP contribution in [0.4, 0.5) is 0 Å². The van der Waals surface area contributed by atoms with Crippen molar-refractivity contribution in [3.05, 3.63) is 65.9 Å². The molecule has 0 fully saturated rings.